The number of phenols is 1. The van der Waals surface area contributed by atoms with E-state index >= 15 is 0 Å². The minimum Gasteiger partial charge on any atom is -0.508 e. The Balaban J connectivity index is 1.36. The number of phenolic OH excluding ortho intramolecular Hbond substituents is 1. The van der Waals surface area contributed by atoms with Gasteiger partial charge in [-0.2, -0.15) is 0 Å². The van der Waals surface area contributed by atoms with E-state index in [9.17, 15) is 9.90 Å². The van der Waals surface area contributed by atoms with Crippen LogP contribution in [0, 0.1) is 0 Å². The monoisotopic (exact) mass is 350 g/mol. The lowest BCUT2D eigenvalue weighted by Crippen LogP contribution is -2.45. The number of urea groups is 1. The number of aromatic hydroxyl groups is 1. The molecule has 2 aromatic rings. The Morgan fingerprint density at radius 3 is 2.65 bits per heavy atom. The number of nitrogens with one attached hydrogen (secondary N) is 1. The third-order valence-electron chi connectivity index (χ3n) is 5.79. The highest BCUT2D eigenvalue weighted by atomic mass is 16.3. The fourth-order valence-electron chi connectivity index (χ4n) is 4.34. The van der Waals surface area contributed by atoms with E-state index in [-0.39, 0.29) is 12.1 Å². The molecule has 2 aromatic carbocycles. The van der Waals surface area contributed by atoms with E-state index < -0.39 is 0 Å². The molecule has 2 N–H and O–H groups in total. The lowest BCUT2D eigenvalue weighted by atomic mass is 9.87. The first-order chi connectivity index (χ1) is 12.7. The summed E-state index contributed by atoms with van der Waals surface area (Å²) < 4.78 is 0. The van der Waals surface area contributed by atoms with Crippen LogP contribution in [-0.4, -0.2) is 29.1 Å². The molecule has 2 amide bonds. The molecule has 0 spiro atoms. The van der Waals surface area contributed by atoms with Crippen molar-refractivity contribution in [1.82, 2.24) is 10.2 Å². The van der Waals surface area contributed by atoms with Crippen LogP contribution >= 0.6 is 0 Å². The van der Waals surface area contributed by atoms with E-state index in [0.29, 0.717) is 11.7 Å². The van der Waals surface area contributed by atoms with Crippen molar-refractivity contribution in [1.29, 1.82) is 0 Å². The van der Waals surface area contributed by atoms with Gasteiger partial charge in [-0.25, -0.2) is 4.79 Å². The number of piperidine rings is 1. The van der Waals surface area contributed by atoms with Crippen molar-refractivity contribution in [3.8, 4) is 5.75 Å². The molecule has 1 heterocycles. The average molecular weight is 350 g/mol. The Labute approximate surface area is 154 Å². The van der Waals surface area contributed by atoms with E-state index in [0.717, 1.165) is 45.2 Å². The van der Waals surface area contributed by atoms with Gasteiger partial charge in [-0.3, -0.25) is 0 Å². The van der Waals surface area contributed by atoms with Crippen molar-refractivity contribution >= 4 is 6.03 Å². The molecule has 0 radical (unpaired) electrons. The average Bonchev–Trinajstić information content (AvgIpc) is 2.68. The molecule has 1 saturated heterocycles. The lowest BCUT2D eigenvalue weighted by Gasteiger charge is -2.34. The van der Waals surface area contributed by atoms with Gasteiger partial charge in [0.25, 0.3) is 0 Å². The fourth-order valence-corrected chi connectivity index (χ4v) is 4.34. The molecule has 0 bridgehead atoms. The molecule has 2 aliphatic rings. The highest BCUT2D eigenvalue weighted by Crippen LogP contribution is 2.32. The van der Waals surface area contributed by atoms with E-state index in [2.05, 4.69) is 35.6 Å². The van der Waals surface area contributed by atoms with Crippen molar-refractivity contribution in [2.75, 3.05) is 13.1 Å². The summed E-state index contributed by atoms with van der Waals surface area (Å²) in [5.74, 6) is 0.736. The number of nitrogens with zero attached hydrogens (tertiary/aromatic N) is 1. The van der Waals surface area contributed by atoms with Gasteiger partial charge in [0.1, 0.15) is 5.75 Å². The number of fused-ring (bicyclic) bond motifs is 1. The van der Waals surface area contributed by atoms with Crippen LogP contribution in [0.5, 0.6) is 5.75 Å². The van der Waals surface area contributed by atoms with Gasteiger partial charge in [0.05, 0.1) is 6.04 Å². The largest absolute Gasteiger partial charge is 0.508 e. The predicted octanol–water partition coefficient (Wildman–Crippen LogP) is 4.36. The standard InChI is InChI=1S/C22H26N2O2/c25-19-8-3-7-18(15-19)16-11-13-24(14-12-16)22(26)23-21-10-4-6-17-5-1-2-9-20(17)21/h1-3,5,7-9,15-16,21,25H,4,6,10-14H2,(H,23,26)/t21-/m0/s1. The smallest absolute Gasteiger partial charge is 0.317 e. The van der Waals surface area contributed by atoms with Gasteiger partial charge >= 0.3 is 6.03 Å². The minimum absolute atomic E-state index is 0.0565. The van der Waals surface area contributed by atoms with E-state index in [1.807, 2.05) is 17.0 Å². The molecule has 0 aromatic heterocycles. The SMILES string of the molecule is O=C(N[C@H]1CCCc2ccccc21)N1CCC(c2cccc(O)c2)CC1. The highest BCUT2D eigenvalue weighted by molar-refractivity contribution is 5.75. The number of amides is 2. The van der Waals surface area contributed by atoms with E-state index in [4.69, 9.17) is 0 Å². The Morgan fingerprint density at radius 2 is 1.85 bits per heavy atom. The number of hydrogen-bond acceptors (Lipinski definition) is 2. The Kier molecular flexibility index (Phi) is 4.83. The van der Waals surface area contributed by atoms with Gasteiger partial charge in [-0.15, -0.1) is 0 Å². The van der Waals surface area contributed by atoms with Gasteiger partial charge in [-0.1, -0.05) is 36.4 Å². The molecule has 1 fully saturated rings. The van der Waals surface area contributed by atoms with Gasteiger partial charge in [0.15, 0.2) is 0 Å². The molecule has 1 aliphatic heterocycles. The zero-order valence-corrected chi connectivity index (χ0v) is 15.0. The molecule has 26 heavy (non-hydrogen) atoms. The van der Waals surface area contributed by atoms with Crippen LogP contribution in [0.25, 0.3) is 0 Å². The van der Waals surface area contributed by atoms with Crippen molar-refractivity contribution in [2.45, 2.75) is 44.1 Å². The second kappa shape index (κ2) is 7.40. The number of benzene rings is 2. The van der Waals surface area contributed by atoms with Crippen LogP contribution < -0.4 is 5.32 Å². The molecule has 1 atom stereocenters. The van der Waals surface area contributed by atoms with Crippen LogP contribution in [0.2, 0.25) is 0 Å². The molecule has 0 unspecified atom stereocenters. The zero-order valence-electron chi connectivity index (χ0n) is 15.0. The fraction of sp³-hybridized carbons (Fsp3) is 0.409. The summed E-state index contributed by atoms with van der Waals surface area (Å²) >= 11 is 0. The maximum Gasteiger partial charge on any atom is 0.317 e. The third-order valence-corrected chi connectivity index (χ3v) is 5.79. The summed E-state index contributed by atoms with van der Waals surface area (Å²) in [4.78, 5) is 14.7. The summed E-state index contributed by atoms with van der Waals surface area (Å²) in [5.41, 5.74) is 3.82. The second-order valence-electron chi connectivity index (χ2n) is 7.45. The third kappa shape index (κ3) is 3.55. The van der Waals surface area contributed by atoms with Gasteiger partial charge in [0, 0.05) is 13.1 Å². The van der Waals surface area contributed by atoms with Gasteiger partial charge in [-0.05, 0) is 66.8 Å². The van der Waals surface area contributed by atoms with Gasteiger partial charge < -0.3 is 15.3 Å². The first kappa shape index (κ1) is 17.0. The quantitative estimate of drug-likeness (QED) is 0.845. The summed E-state index contributed by atoms with van der Waals surface area (Å²) in [6.45, 7) is 1.53. The molecular formula is C22H26N2O2. The maximum atomic E-state index is 12.7. The van der Waals surface area contributed by atoms with Crippen molar-refractivity contribution < 1.29 is 9.90 Å². The summed E-state index contributed by atoms with van der Waals surface area (Å²) in [6, 6.07) is 16.2. The molecule has 4 rings (SSSR count). The Morgan fingerprint density at radius 1 is 1.04 bits per heavy atom. The van der Waals surface area contributed by atoms with Gasteiger partial charge in [0.2, 0.25) is 0 Å². The van der Waals surface area contributed by atoms with Crippen LogP contribution in [-0.2, 0) is 6.42 Å². The van der Waals surface area contributed by atoms with Crippen LogP contribution in [0.15, 0.2) is 48.5 Å². The van der Waals surface area contributed by atoms with Crippen LogP contribution in [0.4, 0.5) is 4.79 Å². The Hall–Kier alpha value is -2.49. The molecular weight excluding hydrogens is 324 g/mol. The lowest BCUT2D eigenvalue weighted by molar-refractivity contribution is 0.176. The number of likely N-dealkylation sites (tertiary alicyclic amines) is 1. The zero-order chi connectivity index (χ0) is 17.9. The summed E-state index contributed by atoms with van der Waals surface area (Å²) in [5, 5.41) is 12.9. The van der Waals surface area contributed by atoms with E-state index in [1.54, 1.807) is 6.07 Å². The molecule has 0 saturated carbocycles. The van der Waals surface area contributed by atoms with Crippen molar-refractivity contribution in [3.63, 3.8) is 0 Å². The topological polar surface area (TPSA) is 52.6 Å². The Bertz CT molecular complexity index is 781. The van der Waals surface area contributed by atoms with Crippen LogP contribution in [0.3, 0.4) is 0 Å². The first-order valence-electron chi connectivity index (χ1n) is 9.63. The predicted molar refractivity (Wildman–Crippen MR) is 102 cm³/mol. The minimum atomic E-state index is 0.0565. The number of rotatable bonds is 2. The maximum absolute atomic E-state index is 12.7. The molecule has 1 aliphatic carbocycles. The van der Waals surface area contributed by atoms with E-state index in [1.165, 1.54) is 16.7 Å². The number of carbonyl (C=O) groups excluding carboxylic acids is 1. The van der Waals surface area contributed by atoms with Crippen molar-refractivity contribution in [2.24, 2.45) is 0 Å². The number of aryl methyl sites for hydroxylation is 1. The summed E-state index contributed by atoms with van der Waals surface area (Å²) in [6.07, 6.45) is 5.14. The molecule has 136 valence electrons. The van der Waals surface area contributed by atoms with Crippen molar-refractivity contribution in [3.05, 3.63) is 65.2 Å². The number of hydrogen-bond donors (Lipinski definition) is 2. The van der Waals surface area contributed by atoms with Crippen LogP contribution in [0.1, 0.15) is 54.3 Å². The molecule has 4 heteroatoms. The molecule has 4 nitrogen and oxygen atoms in total. The highest BCUT2D eigenvalue weighted by Gasteiger charge is 2.27. The number of carbonyl (C=O) groups is 1. The second-order valence-corrected chi connectivity index (χ2v) is 7.45. The summed E-state index contributed by atoms with van der Waals surface area (Å²) in [7, 11) is 0. The first-order valence-corrected chi connectivity index (χ1v) is 9.63. The normalized spacial score (nSPS) is 20.5.